The first-order valence-electron chi connectivity index (χ1n) is 10.5. The van der Waals surface area contributed by atoms with E-state index in [1.807, 2.05) is 19.1 Å². The summed E-state index contributed by atoms with van der Waals surface area (Å²) in [6.07, 6.45) is 2.29. The van der Waals surface area contributed by atoms with Crippen LogP contribution in [-0.4, -0.2) is 31.7 Å². The van der Waals surface area contributed by atoms with Crippen LogP contribution in [0.2, 0.25) is 10.0 Å². The maximum absolute atomic E-state index is 12.9. The van der Waals surface area contributed by atoms with Crippen molar-refractivity contribution in [1.82, 2.24) is 9.62 Å². The number of carbonyl (C=O) groups excluding carboxylic acids is 1. The number of sulfonamides is 1. The number of amides is 1. The molecule has 0 bridgehead atoms. The summed E-state index contributed by atoms with van der Waals surface area (Å²) in [4.78, 5) is 12.9. The Bertz CT molecular complexity index is 1030. The minimum absolute atomic E-state index is 0.110. The first-order chi connectivity index (χ1) is 14.7. The quantitative estimate of drug-likeness (QED) is 0.605. The van der Waals surface area contributed by atoms with Crippen molar-refractivity contribution in [3.8, 4) is 0 Å². The SMILES string of the molecule is CCc1ccc([C@H](C)NC(=O)[C@H]2CCCN(S(=O)(=O)Cc3ccc(Cl)c(Cl)c3)C2)cc1. The number of aryl methyl sites for hydroxylation is 1. The Hall–Kier alpha value is -1.60. The third kappa shape index (κ3) is 6.22. The van der Waals surface area contributed by atoms with Crippen molar-refractivity contribution in [1.29, 1.82) is 0 Å². The van der Waals surface area contributed by atoms with Gasteiger partial charge in [0.25, 0.3) is 0 Å². The van der Waals surface area contributed by atoms with E-state index in [1.54, 1.807) is 18.2 Å². The van der Waals surface area contributed by atoms with Crippen molar-refractivity contribution >= 4 is 39.1 Å². The lowest BCUT2D eigenvalue weighted by Crippen LogP contribution is -2.46. The Kier molecular flexibility index (Phi) is 8.03. The zero-order chi connectivity index (χ0) is 22.6. The predicted molar refractivity (Wildman–Crippen MR) is 126 cm³/mol. The third-order valence-corrected chi connectivity index (χ3v) is 8.28. The second-order valence-electron chi connectivity index (χ2n) is 8.03. The van der Waals surface area contributed by atoms with E-state index in [-0.39, 0.29) is 30.2 Å². The molecule has 5 nitrogen and oxygen atoms in total. The molecule has 168 valence electrons. The minimum atomic E-state index is -3.57. The molecule has 0 radical (unpaired) electrons. The zero-order valence-corrected chi connectivity index (χ0v) is 20.1. The summed E-state index contributed by atoms with van der Waals surface area (Å²) in [5, 5.41) is 3.76. The summed E-state index contributed by atoms with van der Waals surface area (Å²) in [5.74, 6) is -0.644. The topological polar surface area (TPSA) is 66.5 Å². The molecule has 31 heavy (non-hydrogen) atoms. The van der Waals surface area contributed by atoms with Crippen LogP contribution in [-0.2, 0) is 27.0 Å². The van der Waals surface area contributed by atoms with E-state index in [4.69, 9.17) is 23.2 Å². The highest BCUT2D eigenvalue weighted by atomic mass is 35.5. The average molecular weight is 483 g/mol. The second kappa shape index (κ2) is 10.3. The number of rotatable bonds is 7. The van der Waals surface area contributed by atoms with Crippen LogP contribution in [0.4, 0.5) is 0 Å². The first-order valence-corrected chi connectivity index (χ1v) is 12.9. The van der Waals surface area contributed by atoms with E-state index in [2.05, 4.69) is 24.4 Å². The normalized spacial score (nSPS) is 18.5. The van der Waals surface area contributed by atoms with Gasteiger partial charge in [-0.05, 0) is 55.0 Å². The van der Waals surface area contributed by atoms with Crippen LogP contribution >= 0.6 is 23.2 Å². The molecule has 1 aliphatic heterocycles. The van der Waals surface area contributed by atoms with E-state index in [9.17, 15) is 13.2 Å². The summed E-state index contributed by atoms with van der Waals surface area (Å²) in [6.45, 7) is 4.66. The molecule has 1 fully saturated rings. The highest BCUT2D eigenvalue weighted by Crippen LogP contribution is 2.26. The van der Waals surface area contributed by atoms with Crippen LogP contribution in [0.25, 0.3) is 0 Å². The molecular formula is C23H28Cl2N2O3S. The molecule has 1 aliphatic rings. The van der Waals surface area contributed by atoms with Crippen molar-refractivity contribution in [3.05, 3.63) is 69.2 Å². The van der Waals surface area contributed by atoms with E-state index >= 15 is 0 Å². The van der Waals surface area contributed by atoms with Crippen molar-refractivity contribution in [2.45, 2.75) is 44.9 Å². The summed E-state index contributed by atoms with van der Waals surface area (Å²) in [7, 11) is -3.57. The van der Waals surface area contributed by atoms with Gasteiger partial charge in [-0.2, -0.15) is 0 Å². The van der Waals surface area contributed by atoms with E-state index in [0.717, 1.165) is 12.0 Å². The fraction of sp³-hybridized carbons (Fsp3) is 0.435. The minimum Gasteiger partial charge on any atom is -0.349 e. The van der Waals surface area contributed by atoms with Crippen molar-refractivity contribution in [2.75, 3.05) is 13.1 Å². The molecule has 2 aromatic rings. The van der Waals surface area contributed by atoms with Crippen LogP contribution < -0.4 is 5.32 Å². The molecule has 8 heteroatoms. The monoisotopic (exact) mass is 482 g/mol. The maximum Gasteiger partial charge on any atom is 0.224 e. The zero-order valence-electron chi connectivity index (χ0n) is 17.8. The first kappa shape index (κ1) is 24.1. The van der Waals surface area contributed by atoms with Gasteiger partial charge in [0.2, 0.25) is 15.9 Å². The largest absolute Gasteiger partial charge is 0.349 e. The molecular weight excluding hydrogens is 455 g/mol. The van der Waals surface area contributed by atoms with Crippen LogP contribution in [0.5, 0.6) is 0 Å². The molecule has 1 amide bonds. The molecule has 0 aliphatic carbocycles. The van der Waals surface area contributed by atoms with Crippen LogP contribution in [0.3, 0.4) is 0 Å². The van der Waals surface area contributed by atoms with E-state index in [1.165, 1.54) is 9.87 Å². The molecule has 0 aromatic heterocycles. The standard InChI is InChI=1S/C23H28Cl2N2O3S/c1-3-17-6-9-19(10-7-17)16(2)26-23(28)20-5-4-12-27(14-20)31(29,30)15-18-8-11-21(24)22(25)13-18/h6-11,13,16,20H,3-5,12,14-15H2,1-2H3,(H,26,28)/t16-,20-/m0/s1. The van der Waals surface area contributed by atoms with E-state index in [0.29, 0.717) is 35.0 Å². The van der Waals surface area contributed by atoms with E-state index < -0.39 is 10.0 Å². The summed E-state index contributed by atoms with van der Waals surface area (Å²) < 4.78 is 27.3. The molecule has 1 saturated heterocycles. The number of carbonyl (C=O) groups is 1. The predicted octanol–water partition coefficient (Wildman–Crippen LogP) is 4.98. The van der Waals surface area contributed by atoms with Gasteiger partial charge in [-0.3, -0.25) is 4.79 Å². The molecule has 2 atom stereocenters. The lowest BCUT2D eigenvalue weighted by molar-refractivity contribution is -0.126. The van der Waals surface area contributed by atoms with Crippen molar-refractivity contribution in [2.24, 2.45) is 5.92 Å². The molecule has 1 N–H and O–H groups in total. The van der Waals surface area contributed by atoms with Gasteiger partial charge in [0.05, 0.1) is 27.8 Å². The lowest BCUT2D eigenvalue weighted by atomic mass is 9.97. The Labute approximate surface area is 194 Å². The summed E-state index contributed by atoms with van der Waals surface area (Å²) >= 11 is 11.9. The average Bonchev–Trinajstić information content (AvgIpc) is 2.76. The fourth-order valence-corrected chi connectivity index (χ4v) is 5.72. The fourth-order valence-electron chi connectivity index (χ4n) is 3.80. The number of hydrogen-bond donors (Lipinski definition) is 1. The molecule has 3 rings (SSSR count). The number of nitrogens with zero attached hydrogens (tertiary/aromatic N) is 1. The molecule has 0 unspecified atom stereocenters. The Balaban J connectivity index is 1.62. The van der Waals surface area contributed by atoms with Gasteiger partial charge in [0.1, 0.15) is 0 Å². The number of hydrogen-bond acceptors (Lipinski definition) is 3. The number of halogens is 2. The van der Waals surface area contributed by atoms with Gasteiger partial charge >= 0.3 is 0 Å². The van der Waals surface area contributed by atoms with Crippen molar-refractivity contribution < 1.29 is 13.2 Å². The highest BCUT2D eigenvalue weighted by Gasteiger charge is 2.33. The highest BCUT2D eigenvalue weighted by molar-refractivity contribution is 7.88. The molecule has 0 saturated carbocycles. The maximum atomic E-state index is 12.9. The number of nitrogens with one attached hydrogen (secondary N) is 1. The number of piperidine rings is 1. The molecule has 1 heterocycles. The van der Waals surface area contributed by atoms with Gasteiger partial charge in [-0.25, -0.2) is 12.7 Å². The lowest BCUT2D eigenvalue weighted by Gasteiger charge is -2.32. The van der Waals surface area contributed by atoms with Crippen LogP contribution in [0.1, 0.15) is 49.4 Å². The van der Waals surface area contributed by atoms with Gasteiger partial charge in [-0.1, -0.05) is 60.5 Å². The smallest absolute Gasteiger partial charge is 0.224 e. The third-order valence-electron chi connectivity index (χ3n) is 5.73. The molecule has 2 aromatic carbocycles. The van der Waals surface area contributed by atoms with Crippen LogP contribution in [0.15, 0.2) is 42.5 Å². The molecule has 0 spiro atoms. The second-order valence-corrected chi connectivity index (χ2v) is 10.8. The van der Waals surface area contributed by atoms with Crippen molar-refractivity contribution in [3.63, 3.8) is 0 Å². The Morgan fingerprint density at radius 1 is 1.13 bits per heavy atom. The van der Waals surface area contributed by atoms with Gasteiger partial charge in [0, 0.05) is 13.1 Å². The van der Waals surface area contributed by atoms with Gasteiger partial charge < -0.3 is 5.32 Å². The van der Waals surface area contributed by atoms with Crippen LogP contribution in [0, 0.1) is 5.92 Å². The summed E-state index contributed by atoms with van der Waals surface area (Å²) in [5.41, 5.74) is 2.85. The number of benzene rings is 2. The Morgan fingerprint density at radius 3 is 2.45 bits per heavy atom. The van der Waals surface area contributed by atoms with Gasteiger partial charge in [-0.15, -0.1) is 0 Å². The van der Waals surface area contributed by atoms with Gasteiger partial charge in [0.15, 0.2) is 0 Å². The summed E-state index contributed by atoms with van der Waals surface area (Å²) in [6, 6.07) is 12.9. The Morgan fingerprint density at radius 2 is 1.81 bits per heavy atom.